The van der Waals surface area contributed by atoms with Gasteiger partial charge in [-0.05, 0) is 51.0 Å². The van der Waals surface area contributed by atoms with E-state index in [1.54, 1.807) is 0 Å². The van der Waals surface area contributed by atoms with E-state index in [4.69, 9.17) is 0 Å². The van der Waals surface area contributed by atoms with E-state index in [-0.39, 0.29) is 11.7 Å². The quantitative estimate of drug-likeness (QED) is 0.819. The summed E-state index contributed by atoms with van der Waals surface area (Å²) in [5.41, 5.74) is 2.89. The van der Waals surface area contributed by atoms with Crippen LogP contribution in [-0.4, -0.2) is 26.6 Å². The van der Waals surface area contributed by atoms with Crippen LogP contribution in [0.15, 0.2) is 42.5 Å². The van der Waals surface area contributed by atoms with Crippen LogP contribution in [0.1, 0.15) is 36.6 Å². The highest BCUT2D eigenvalue weighted by atomic mass is 32.2. The molecule has 0 fully saturated rings. The largest absolute Gasteiger partial charge is 0.348 e. The van der Waals surface area contributed by atoms with Crippen molar-refractivity contribution in [3.63, 3.8) is 0 Å². The Hall–Kier alpha value is -2.41. The Morgan fingerprint density at radius 2 is 1.74 bits per heavy atom. The number of para-hydroxylation sites is 1. The number of benzene rings is 2. The molecule has 2 aromatic rings. The molecule has 0 spiro atoms. The number of hydrogen-bond donors (Lipinski definition) is 1. The fraction of sp³-hybridized carbons (Fsp3) is 0.350. The van der Waals surface area contributed by atoms with Crippen LogP contribution in [0.5, 0.6) is 0 Å². The Labute approximate surface area is 160 Å². The summed E-state index contributed by atoms with van der Waals surface area (Å²) < 4.78 is 39.5. The number of carbonyl (C=O) groups excluding carboxylic acids is 1. The van der Waals surface area contributed by atoms with Gasteiger partial charge in [-0.2, -0.15) is 0 Å². The number of aryl methyl sites for hydroxylation is 2. The van der Waals surface area contributed by atoms with Gasteiger partial charge in [0.05, 0.1) is 18.0 Å². The fourth-order valence-electron chi connectivity index (χ4n) is 3.05. The van der Waals surface area contributed by atoms with Gasteiger partial charge < -0.3 is 5.32 Å². The highest BCUT2D eigenvalue weighted by Gasteiger charge is 2.31. The van der Waals surface area contributed by atoms with Gasteiger partial charge >= 0.3 is 0 Å². The molecule has 146 valence electrons. The van der Waals surface area contributed by atoms with Crippen LogP contribution < -0.4 is 9.62 Å². The zero-order valence-electron chi connectivity index (χ0n) is 16.2. The second-order valence-electron chi connectivity index (χ2n) is 6.78. The Balaban J connectivity index is 2.30. The molecule has 0 aliphatic rings. The van der Waals surface area contributed by atoms with Gasteiger partial charge in [-0.1, -0.05) is 35.9 Å². The average Bonchev–Trinajstić information content (AvgIpc) is 2.57. The van der Waals surface area contributed by atoms with Crippen molar-refractivity contribution in [2.45, 2.75) is 39.8 Å². The monoisotopic (exact) mass is 392 g/mol. The summed E-state index contributed by atoms with van der Waals surface area (Å²) in [4.78, 5) is 12.8. The zero-order valence-corrected chi connectivity index (χ0v) is 17.0. The smallest absolute Gasteiger partial charge is 0.244 e. The highest BCUT2D eigenvalue weighted by molar-refractivity contribution is 7.92. The van der Waals surface area contributed by atoms with E-state index >= 15 is 0 Å². The third kappa shape index (κ3) is 4.86. The second-order valence-corrected chi connectivity index (χ2v) is 8.64. The maximum atomic E-state index is 14.2. The molecular weight excluding hydrogens is 367 g/mol. The molecule has 2 aromatic carbocycles. The van der Waals surface area contributed by atoms with Crippen molar-refractivity contribution in [2.24, 2.45) is 0 Å². The van der Waals surface area contributed by atoms with Gasteiger partial charge in [-0.15, -0.1) is 0 Å². The molecule has 0 heterocycles. The molecule has 2 atom stereocenters. The van der Waals surface area contributed by atoms with Gasteiger partial charge in [0.25, 0.3) is 0 Å². The summed E-state index contributed by atoms with van der Waals surface area (Å²) in [6, 6.07) is 10.0. The van der Waals surface area contributed by atoms with E-state index in [1.165, 1.54) is 25.1 Å². The molecule has 0 unspecified atom stereocenters. The Bertz CT molecular complexity index is 944. The SMILES string of the molecule is Cc1ccc(C)c([C@@H](C)NC(=O)[C@H](C)N(c2ccccc2F)S(C)(=O)=O)c1. The van der Waals surface area contributed by atoms with Crippen LogP contribution >= 0.6 is 0 Å². The van der Waals surface area contributed by atoms with Crippen LogP contribution in [0.3, 0.4) is 0 Å². The lowest BCUT2D eigenvalue weighted by Gasteiger charge is -2.29. The number of nitrogens with zero attached hydrogens (tertiary/aromatic N) is 1. The number of halogens is 1. The van der Waals surface area contributed by atoms with Crippen molar-refractivity contribution < 1.29 is 17.6 Å². The van der Waals surface area contributed by atoms with E-state index in [0.29, 0.717) is 0 Å². The lowest BCUT2D eigenvalue weighted by Crippen LogP contribution is -2.48. The molecule has 0 bridgehead atoms. The molecular formula is C20H25FN2O3S. The molecule has 0 aliphatic carbocycles. The van der Waals surface area contributed by atoms with E-state index < -0.39 is 27.8 Å². The maximum Gasteiger partial charge on any atom is 0.244 e. The second kappa shape index (κ2) is 8.08. The standard InChI is InChI=1S/C20H25FN2O3S/c1-13-10-11-14(2)17(12-13)15(3)22-20(24)16(4)23(27(5,25)26)19-9-7-6-8-18(19)21/h6-12,15-16H,1-5H3,(H,22,24)/t15-,16+/m1/s1. The van der Waals surface area contributed by atoms with E-state index in [9.17, 15) is 17.6 Å². The van der Waals surface area contributed by atoms with Crippen molar-refractivity contribution >= 4 is 21.6 Å². The summed E-state index contributed by atoms with van der Waals surface area (Å²) in [6.45, 7) is 7.19. The van der Waals surface area contributed by atoms with Crippen LogP contribution in [0.4, 0.5) is 10.1 Å². The molecule has 0 radical (unpaired) electrons. The number of sulfonamides is 1. The van der Waals surface area contributed by atoms with E-state index in [2.05, 4.69) is 5.32 Å². The first kappa shape index (κ1) is 20.9. The van der Waals surface area contributed by atoms with E-state index in [0.717, 1.165) is 33.3 Å². The highest BCUT2D eigenvalue weighted by Crippen LogP contribution is 2.25. The molecule has 7 heteroatoms. The van der Waals surface area contributed by atoms with Crippen molar-refractivity contribution in [1.82, 2.24) is 5.32 Å². The molecule has 1 amide bonds. The van der Waals surface area contributed by atoms with Crippen LogP contribution in [0.25, 0.3) is 0 Å². The van der Waals surface area contributed by atoms with Gasteiger partial charge in [-0.3, -0.25) is 9.10 Å². The number of hydrogen-bond acceptors (Lipinski definition) is 3. The van der Waals surface area contributed by atoms with Gasteiger partial charge in [0.1, 0.15) is 11.9 Å². The average molecular weight is 392 g/mol. The lowest BCUT2D eigenvalue weighted by molar-refractivity contribution is -0.122. The third-order valence-electron chi connectivity index (χ3n) is 4.44. The first-order valence-corrected chi connectivity index (χ1v) is 10.5. The van der Waals surface area contributed by atoms with Crippen molar-refractivity contribution in [3.8, 4) is 0 Å². The Kier molecular flexibility index (Phi) is 6.26. The topological polar surface area (TPSA) is 66.5 Å². The normalized spacial score (nSPS) is 13.7. The van der Waals surface area contributed by atoms with Gasteiger partial charge in [0.2, 0.25) is 15.9 Å². The summed E-state index contributed by atoms with van der Waals surface area (Å²) in [7, 11) is -3.87. The van der Waals surface area contributed by atoms with E-state index in [1.807, 2.05) is 39.0 Å². The zero-order chi connectivity index (χ0) is 20.4. The number of amides is 1. The summed E-state index contributed by atoms with van der Waals surface area (Å²) in [5, 5.41) is 2.84. The predicted molar refractivity (Wildman–Crippen MR) is 106 cm³/mol. The Morgan fingerprint density at radius 1 is 1.11 bits per heavy atom. The van der Waals surface area contributed by atoms with Gasteiger partial charge in [-0.25, -0.2) is 12.8 Å². The Morgan fingerprint density at radius 3 is 2.33 bits per heavy atom. The fourth-order valence-corrected chi connectivity index (χ4v) is 4.23. The molecule has 0 aromatic heterocycles. The number of rotatable bonds is 6. The number of anilines is 1. The molecule has 0 saturated heterocycles. The maximum absolute atomic E-state index is 14.2. The van der Waals surface area contributed by atoms with Gasteiger partial charge in [0.15, 0.2) is 0 Å². The molecule has 2 rings (SSSR count). The predicted octanol–water partition coefficient (Wildman–Crippen LogP) is 3.47. The van der Waals surface area contributed by atoms with Crippen molar-refractivity contribution in [3.05, 3.63) is 65.0 Å². The van der Waals surface area contributed by atoms with Crippen LogP contribution in [-0.2, 0) is 14.8 Å². The molecule has 0 aliphatic heterocycles. The number of carbonyl (C=O) groups is 1. The molecule has 27 heavy (non-hydrogen) atoms. The first-order valence-electron chi connectivity index (χ1n) is 8.64. The minimum atomic E-state index is -3.87. The van der Waals surface area contributed by atoms with Gasteiger partial charge in [0, 0.05) is 0 Å². The third-order valence-corrected chi connectivity index (χ3v) is 5.67. The van der Waals surface area contributed by atoms with Crippen molar-refractivity contribution in [1.29, 1.82) is 0 Å². The molecule has 5 nitrogen and oxygen atoms in total. The molecule has 0 saturated carbocycles. The minimum absolute atomic E-state index is 0.151. The number of nitrogens with one attached hydrogen (secondary N) is 1. The van der Waals surface area contributed by atoms with Crippen LogP contribution in [0, 0.1) is 19.7 Å². The van der Waals surface area contributed by atoms with Crippen molar-refractivity contribution in [2.75, 3.05) is 10.6 Å². The summed E-state index contributed by atoms with van der Waals surface area (Å²) >= 11 is 0. The minimum Gasteiger partial charge on any atom is -0.348 e. The van der Waals surface area contributed by atoms with Crippen LogP contribution in [0.2, 0.25) is 0 Å². The lowest BCUT2D eigenvalue weighted by atomic mass is 10.00. The summed E-state index contributed by atoms with van der Waals surface area (Å²) in [6.07, 6.45) is 0.956. The first-order chi connectivity index (χ1) is 12.5. The summed E-state index contributed by atoms with van der Waals surface area (Å²) in [5.74, 6) is -1.21. The molecule has 1 N–H and O–H groups in total.